The minimum Gasteiger partial charge on any atom is -0.431 e. The molecule has 0 N–H and O–H groups in total. The van der Waals surface area contributed by atoms with Gasteiger partial charge in [-0.1, -0.05) is 72.4 Å². The molecule has 0 radical (unpaired) electrons. The van der Waals surface area contributed by atoms with Gasteiger partial charge in [0.2, 0.25) is 5.91 Å². The van der Waals surface area contributed by atoms with Crippen LogP contribution in [0.2, 0.25) is 0 Å². The molecule has 150 valence electrons. The van der Waals surface area contributed by atoms with Crippen LogP contribution < -0.4 is 0 Å². The van der Waals surface area contributed by atoms with Crippen LogP contribution in [-0.4, -0.2) is 59.7 Å². The topological polar surface area (TPSA) is 49.6 Å². The first kappa shape index (κ1) is 19.7. The monoisotopic (exact) mass is 407 g/mol. The molecule has 2 heterocycles. The molecule has 1 aliphatic rings. The van der Waals surface area contributed by atoms with Gasteiger partial charge < -0.3 is 14.2 Å². The van der Waals surface area contributed by atoms with E-state index in [9.17, 15) is 4.79 Å². The summed E-state index contributed by atoms with van der Waals surface area (Å²) in [5, 5.41) is 0.605. The Morgan fingerprint density at radius 2 is 1.59 bits per heavy atom. The lowest BCUT2D eigenvalue weighted by molar-refractivity contribution is -0.132. The molecule has 0 bridgehead atoms. The highest BCUT2D eigenvalue weighted by molar-refractivity contribution is 7.99. The van der Waals surface area contributed by atoms with E-state index in [1.807, 2.05) is 65.6 Å². The highest BCUT2D eigenvalue weighted by Crippen LogP contribution is 2.35. The number of carbonyl (C=O) groups is 1. The van der Waals surface area contributed by atoms with Gasteiger partial charge in [-0.15, -0.1) is 0 Å². The maximum atomic E-state index is 12.5. The van der Waals surface area contributed by atoms with Crippen molar-refractivity contribution in [1.29, 1.82) is 0 Å². The molecule has 2 aromatic carbocycles. The number of nitrogens with zero attached hydrogens (tertiary/aromatic N) is 3. The molecule has 3 aromatic rings. The van der Waals surface area contributed by atoms with Crippen LogP contribution in [0.4, 0.5) is 0 Å². The minimum absolute atomic E-state index is 0.212. The highest BCUT2D eigenvalue weighted by Gasteiger charge is 2.20. The Morgan fingerprint density at radius 3 is 2.24 bits per heavy atom. The van der Waals surface area contributed by atoms with Gasteiger partial charge in [0.25, 0.3) is 5.22 Å². The standard InChI is InChI=1S/C23H25N3O2S/c1-25-13-15-26(16-14-25)20(27)12-17-29-23-24-21(18-8-4-2-5-9-18)22(28-23)19-10-6-3-7-11-19/h2-11H,12-17H2,1H3. The van der Waals surface area contributed by atoms with E-state index in [0.717, 1.165) is 48.8 Å². The summed E-state index contributed by atoms with van der Waals surface area (Å²) in [6, 6.07) is 20.1. The number of piperazine rings is 1. The number of hydrogen-bond donors (Lipinski definition) is 0. The molecule has 0 unspecified atom stereocenters. The number of aromatic nitrogens is 1. The largest absolute Gasteiger partial charge is 0.431 e. The summed E-state index contributed by atoms with van der Waals surface area (Å²) in [5.41, 5.74) is 2.86. The predicted molar refractivity (Wildman–Crippen MR) is 117 cm³/mol. The van der Waals surface area contributed by atoms with Gasteiger partial charge in [0, 0.05) is 49.5 Å². The quantitative estimate of drug-likeness (QED) is 0.571. The number of likely N-dealkylation sites (N-methyl/N-ethyl adjacent to an activating group) is 1. The van der Waals surface area contributed by atoms with Crippen LogP contribution in [0.25, 0.3) is 22.6 Å². The zero-order valence-electron chi connectivity index (χ0n) is 16.6. The molecule has 1 fully saturated rings. The Labute approximate surface area is 175 Å². The summed E-state index contributed by atoms with van der Waals surface area (Å²) >= 11 is 1.50. The van der Waals surface area contributed by atoms with Gasteiger partial charge in [0.1, 0.15) is 5.69 Å². The summed E-state index contributed by atoms with van der Waals surface area (Å²) in [6.07, 6.45) is 0.498. The smallest absolute Gasteiger partial charge is 0.256 e. The van der Waals surface area contributed by atoms with Gasteiger partial charge in [-0.3, -0.25) is 4.79 Å². The Kier molecular flexibility index (Phi) is 6.32. The van der Waals surface area contributed by atoms with Crippen molar-refractivity contribution in [2.24, 2.45) is 0 Å². The molecule has 0 spiro atoms. The number of amides is 1. The zero-order chi connectivity index (χ0) is 20.1. The van der Waals surface area contributed by atoms with Crippen molar-refractivity contribution in [3.05, 3.63) is 60.7 Å². The van der Waals surface area contributed by atoms with Gasteiger partial charge in [0.15, 0.2) is 5.76 Å². The average molecular weight is 408 g/mol. The van der Waals surface area contributed by atoms with E-state index >= 15 is 0 Å². The third-order valence-electron chi connectivity index (χ3n) is 5.09. The minimum atomic E-state index is 0.212. The fraction of sp³-hybridized carbons (Fsp3) is 0.304. The van der Waals surface area contributed by atoms with E-state index in [1.54, 1.807) is 0 Å². The maximum Gasteiger partial charge on any atom is 0.256 e. The van der Waals surface area contributed by atoms with Crippen molar-refractivity contribution in [2.75, 3.05) is 39.0 Å². The average Bonchev–Trinajstić information content (AvgIpc) is 3.20. The molecule has 1 aliphatic heterocycles. The summed E-state index contributed by atoms with van der Waals surface area (Å²) in [7, 11) is 2.09. The first-order valence-corrected chi connectivity index (χ1v) is 10.9. The lowest BCUT2D eigenvalue weighted by Gasteiger charge is -2.32. The van der Waals surface area contributed by atoms with Crippen molar-refractivity contribution >= 4 is 17.7 Å². The Morgan fingerprint density at radius 1 is 0.966 bits per heavy atom. The van der Waals surface area contributed by atoms with E-state index < -0.39 is 0 Å². The van der Waals surface area contributed by atoms with Crippen molar-refractivity contribution in [1.82, 2.24) is 14.8 Å². The summed E-state index contributed by atoms with van der Waals surface area (Å²) < 4.78 is 6.12. The van der Waals surface area contributed by atoms with E-state index in [0.29, 0.717) is 17.4 Å². The molecule has 1 aromatic heterocycles. The Balaban J connectivity index is 1.45. The van der Waals surface area contributed by atoms with Gasteiger partial charge >= 0.3 is 0 Å². The van der Waals surface area contributed by atoms with Crippen molar-refractivity contribution in [2.45, 2.75) is 11.6 Å². The van der Waals surface area contributed by atoms with Crippen LogP contribution in [0.15, 0.2) is 70.3 Å². The fourth-order valence-corrected chi connectivity index (χ4v) is 4.13. The van der Waals surface area contributed by atoms with Crippen LogP contribution in [0.3, 0.4) is 0 Å². The second kappa shape index (κ2) is 9.29. The summed E-state index contributed by atoms with van der Waals surface area (Å²) in [4.78, 5) is 21.4. The molecule has 5 nitrogen and oxygen atoms in total. The lowest BCUT2D eigenvalue weighted by Crippen LogP contribution is -2.47. The predicted octanol–water partition coefficient (Wildman–Crippen LogP) is 4.26. The SMILES string of the molecule is CN1CCN(C(=O)CCSc2nc(-c3ccccc3)c(-c3ccccc3)o2)CC1. The van der Waals surface area contributed by atoms with Crippen LogP contribution >= 0.6 is 11.8 Å². The van der Waals surface area contributed by atoms with Crippen molar-refractivity contribution in [3.8, 4) is 22.6 Å². The lowest BCUT2D eigenvalue weighted by atomic mass is 10.1. The molecule has 0 saturated carbocycles. The maximum absolute atomic E-state index is 12.5. The normalized spacial score (nSPS) is 14.9. The first-order chi connectivity index (χ1) is 14.2. The molecule has 6 heteroatoms. The third-order valence-corrected chi connectivity index (χ3v) is 5.92. The van der Waals surface area contributed by atoms with Crippen LogP contribution in [0, 0.1) is 0 Å². The van der Waals surface area contributed by atoms with Crippen LogP contribution in [0.5, 0.6) is 0 Å². The van der Waals surface area contributed by atoms with Crippen LogP contribution in [0.1, 0.15) is 6.42 Å². The third kappa shape index (κ3) is 4.89. The Hall–Kier alpha value is -2.57. The molecule has 4 rings (SSSR count). The molecule has 1 amide bonds. The second-order valence-electron chi connectivity index (χ2n) is 7.17. The highest BCUT2D eigenvalue weighted by atomic mass is 32.2. The first-order valence-electron chi connectivity index (χ1n) is 9.91. The van der Waals surface area contributed by atoms with Gasteiger partial charge in [-0.25, -0.2) is 4.98 Å². The van der Waals surface area contributed by atoms with E-state index in [1.165, 1.54) is 11.8 Å². The molecular weight excluding hydrogens is 382 g/mol. The summed E-state index contributed by atoms with van der Waals surface area (Å²) in [6.45, 7) is 3.52. The number of hydrogen-bond acceptors (Lipinski definition) is 5. The molecule has 29 heavy (non-hydrogen) atoms. The molecule has 1 saturated heterocycles. The van der Waals surface area contributed by atoms with E-state index in [-0.39, 0.29) is 5.91 Å². The zero-order valence-corrected chi connectivity index (χ0v) is 17.4. The second-order valence-corrected chi connectivity index (χ2v) is 8.22. The van der Waals surface area contributed by atoms with Gasteiger partial charge in [-0.05, 0) is 7.05 Å². The number of thioether (sulfide) groups is 1. The van der Waals surface area contributed by atoms with E-state index in [4.69, 9.17) is 9.40 Å². The van der Waals surface area contributed by atoms with Crippen LogP contribution in [-0.2, 0) is 4.79 Å². The van der Waals surface area contributed by atoms with Crippen molar-refractivity contribution in [3.63, 3.8) is 0 Å². The molecular formula is C23H25N3O2S. The number of rotatable bonds is 6. The van der Waals surface area contributed by atoms with E-state index in [2.05, 4.69) is 11.9 Å². The number of carbonyl (C=O) groups excluding carboxylic acids is 1. The van der Waals surface area contributed by atoms with Crippen molar-refractivity contribution < 1.29 is 9.21 Å². The molecule has 0 atom stereocenters. The molecule has 0 aliphatic carbocycles. The number of oxazole rings is 1. The van der Waals surface area contributed by atoms with Gasteiger partial charge in [0.05, 0.1) is 0 Å². The summed E-state index contributed by atoms with van der Waals surface area (Å²) in [5.74, 6) is 1.64. The number of benzene rings is 2. The fourth-order valence-electron chi connectivity index (χ4n) is 3.38. The van der Waals surface area contributed by atoms with Gasteiger partial charge in [-0.2, -0.15) is 0 Å². The Bertz CT molecular complexity index is 878.